The minimum atomic E-state index is -0.888. The van der Waals surface area contributed by atoms with Crippen molar-refractivity contribution in [3.8, 4) is 34.9 Å². The van der Waals surface area contributed by atoms with Gasteiger partial charge in [-0.15, -0.1) is 0 Å². The summed E-state index contributed by atoms with van der Waals surface area (Å²) in [5.41, 5.74) is 3.74. The average molecular weight is 745 g/mol. The van der Waals surface area contributed by atoms with Gasteiger partial charge in [-0.3, -0.25) is 9.59 Å². The second-order valence-corrected chi connectivity index (χ2v) is 13.7. The first kappa shape index (κ1) is 38.2. The number of amides is 4. The molecule has 0 unspecified atom stereocenters. The lowest BCUT2D eigenvalue weighted by Gasteiger charge is -2.29. The average Bonchev–Trinajstić information content (AvgIpc) is 4.04. The van der Waals surface area contributed by atoms with Crippen LogP contribution in [0.15, 0.2) is 67.0 Å². The smallest absolute Gasteiger partial charge is 0.407 e. The summed E-state index contributed by atoms with van der Waals surface area (Å²) < 4.78 is 9.52. The van der Waals surface area contributed by atoms with E-state index in [1.54, 1.807) is 34.3 Å². The number of aromatic amines is 2. The molecule has 14 nitrogen and oxygen atoms in total. The van der Waals surface area contributed by atoms with E-state index in [1.807, 2.05) is 56.3 Å². The highest BCUT2D eigenvalue weighted by Crippen LogP contribution is 2.34. The number of carbonyl (C=O) groups excluding carboxylic acids is 4. The van der Waals surface area contributed by atoms with Crippen LogP contribution in [0.3, 0.4) is 0 Å². The quantitative estimate of drug-likeness (QED) is 0.173. The maximum absolute atomic E-state index is 13.8. The van der Waals surface area contributed by atoms with Crippen molar-refractivity contribution in [2.75, 3.05) is 27.3 Å². The van der Waals surface area contributed by atoms with Gasteiger partial charge in [0.25, 0.3) is 5.91 Å². The van der Waals surface area contributed by atoms with Gasteiger partial charge in [0, 0.05) is 18.7 Å². The van der Waals surface area contributed by atoms with Crippen LogP contribution in [0, 0.1) is 29.6 Å². The molecule has 0 spiro atoms. The number of ether oxygens (including phenoxy) is 2. The van der Waals surface area contributed by atoms with Gasteiger partial charge in [0.15, 0.2) is 0 Å². The first-order chi connectivity index (χ1) is 26.7. The van der Waals surface area contributed by atoms with E-state index in [0.29, 0.717) is 36.0 Å². The Morgan fingerprint density at radius 3 is 2.02 bits per heavy atom. The molecule has 2 aromatic heterocycles. The molecule has 2 saturated heterocycles. The Balaban J connectivity index is 1.08. The molecule has 4 aromatic rings. The fourth-order valence-corrected chi connectivity index (χ4v) is 6.94. The van der Waals surface area contributed by atoms with E-state index in [0.717, 1.165) is 42.5 Å². The van der Waals surface area contributed by atoms with Gasteiger partial charge >= 0.3 is 12.2 Å². The fourth-order valence-electron chi connectivity index (χ4n) is 6.94. The maximum atomic E-state index is 13.8. The summed E-state index contributed by atoms with van der Waals surface area (Å²) in [7, 11) is 2.54. The minimum Gasteiger partial charge on any atom is -0.453 e. The molecular formula is C41H44N8O6. The molecule has 2 aliphatic heterocycles. The van der Waals surface area contributed by atoms with E-state index in [4.69, 9.17) is 9.47 Å². The van der Waals surface area contributed by atoms with Crippen LogP contribution in [0.25, 0.3) is 11.3 Å². The Labute approximate surface area is 319 Å². The zero-order valence-electron chi connectivity index (χ0n) is 31.2. The Bertz CT molecular complexity index is 2120. The van der Waals surface area contributed by atoms with Gasteiger partial charge in [0.1, 0.15) is 29.4 Å². The predicted octanol–water partition coefficient (Wildman–Crippen LogP) is 5.01. The van der Waals surface area contributed by atoms with Gasteiger partial charge in [-0.1, -0.05) is 62.2 Å². The normalized spacial score (nSPS) is 17.3. The van der Waals surface area contributed by atoms with Crippen LogP contribution in [-0.2, 0) is 19.1 Å². The van der Waals surface area contributed by atoms with Crippen molar-refractivity contribution in [1.29, 1.82) is 0 Å². The predicted molar refractivity (Wildman–Crippen MR) is 203 cm³/mol. The summed E-state index contributed by atoms with van der Waals surface area (Å²) in [4.78, 5) is 70.5. The lowest BCUT2D eigenvalue weighted by Crippen LogP contribution is -2.51. The number of methoxy groups -OCH3 is 2. The lowest BCUT2D eigenvalue weighted by atomic mass is 10.0. The van der Waals surface area contributed by atoms with Gasteiger partial charge < -0.3 is 39.9 Å². The van der Waals surface area contributed by atoms with E-state index in [-0.39, 0.29) is 29.8 Å². The largest absolute Gasteiger partial charge is 0.453 e. The monoisotopic (exact) mass is 744 g/mol. The van der Waals surface area contributed by atoms with E-state index < -0.39 is 24.3 Å². The SMILES string of the molecule is COC(=O)N[C@H](C(=O)N1CCC[C@H]1c1ncc(C#CC#Cc2ccc(-c3cnc([C@@H]4CCCN4C(=O)[C@H](NC(=O)OC)c4ccccc4)[nH]3)cc2)[nH]1)C(C)C. The first-order valence-corrected chi connectivity index (χ1v) is 18.2. The fraction of sp³-hybridized carbons (Fsp3) is 0.366. The van der Waals surface area contributed by atoms with Crippen molar-refractivity contribution in [3.63, 3.8) is 0 Å². The summed E-state index contributed by atoms with van der Waals surface area (Å²) in [5, 5.41) is 5.35. The number of benzene rings is 2. The molecule has 2 aromatic carbocycles. The Hall–Kier alpha value is -6.54. The summed E-state index contributed by atoms with van der Waals surface area (Å²) >= 11 is 0. The van der Waals surface area contributed by atoms with Crippen LogP contribution in [-0.4, -0.2) is 87.1 Å². The number of aromatic nitrogens is 4. The maximum Gasteiger partial charge on any atom is 0.407 e. The molecule has 0 radical (unpaired) electrons. The van der Waals surface area contributed by atoms with E-state index in [2.05, 4.69) is 54.3 Å². The molecule has 4 amide bonds. The van der Waals surface area contributed by atoms with Crippen LogP contribution >= 0.6 is 0 Å². The summed E-state index contributed by atoms with van der Waals surface area (Å²) in [5.74, 6) is 12.6. The van der Waals surface area contributed by atoms with Gasteiger partial charge in [0.05, 0.1) is 44.4 Å². The number of nitrogens with zero attached hydrogens (tertiary/aromatic N) is 4. The lowest BCUT2D eigenvalue weighted by molar-refractivity contribution is -0.135. The van der Waals surface area contributed by atoms with Crippen molar-refractivity contribution < 1.29 is 28.7 Å². The van der Waals surface area contributed by atoms with Gasteiger partial charge in [0.2, 0.25) is 5.91 Å². The number of hydrogen-bond donors (Lipinski definition) is 4. The van der Waals surface area contributed by atoms with E-state index >= 15 is 0 Å². The highest BCUT2D eigenvalue weighted by molar-refractivity contribution is 5.88. The number of likely N-dealkylation sites (tertiary alicyclic amines) is 2. The van der Waals surface area contributed by atoms with Crippen molar-refractivity contribution in [1.82, 2.24) is 40.4 Å². The van der Waals surface area contributed by atoms with Crippen molar-refractivity contribution >= 4 is 24.0 Å². The number of imidazole rings is 2. The molecule has 0 aliphatic carbocycles. The third kappa shape index (κ3) is 8.99. The number of alkyl carbamates (subject to hydrolysis) is 2. The summed E-state index contributed by atoms with van der Waals surface area (Å²) in [6, 6.07) is 14.7. The Kier molecular flexibility index (Phi) is 12.2. The third-order valence-electron chi connectivity index (χ3n) is 9.78. The standard InChI is InChI=1S/C41H44N8O6/c1-26(2)34(46-40(52)54-3)38(50)48-22-10-16-32(48)36-42-24-30(44-36)15-9-8-12-27-18-20-28(21-19-27)31-25-43-37(45-31)33-17-11-23-49(33)39(51)35(47-41(53)55-4)29-13-6-5-7-14-29/h5-7,13-14,18-21,24-26,32-35H,10-11,16-17,22-23H2,1-4H3,(H,42,44)(H,43,45)(H,46,52)(H,47,53)/t32-,33-,34-,35+/m0/s1. The molecule has 4 N–H and O–H groups in total. The minimum absolute atomic E-state index is 0.121. The van der Waals surface area contributed by atoms with Crippen LogP contribution in [0.4, 0.5) is 9.59 Å². The number of hydrogen-bond acceptors (Lipinski definition) is 8. The molecule has 6 rings (SSSR count). The second kappa shape index (κ2) is 17.5. The van der Waals surface area contributed by atoms with Crippen molar-refractivity contribution in [2.24, 2.45) is 5.92 Å². The summed E-state index contributed by atoms with van der Waals surface area (Å²) in [6.07, 6.45) is 5.17. The van der Waals surface area contributed by atoms with E-state index in [1.165, 1.54) is 14.2 Å². The third-order valence-corrected chi connectivity index (χ3v) is 9.78. The van der Waals surface area contributed by atoms with Crippen molar-refractivity contribution in [3.05, 3.63) is 95.5 Å². The molecule has 284 valence electrons. The first-order valence-electron chi connectivity index (χ1n) is 18.2. The topological polar surface area (TPSA) is 175 Å². The molecular weight excluding hydrogens is 701 g/mol. The van der Waals surface area contributed by atoms with Gasteiger partial charge in [-0.05, 0) is 72.6 Å². The van der Waals surface area contributed by atoms with Gasteiger partial charge in [-0.2, -0.15) is 0 Å². The molecule has 4 atom stereocenters. The summed E-state index contributed by atoms with van der Waals surface area (Å²) in [6.45, 7) is 4.86. The number of carbonyl (C=O) groups is 4. The molecule has 55 heavy (non-hydrogen) atoms. The van der Waals surface area contributed by atoms with Crippen LogP contribution in [0.1, 0.15) is 86.1 Å². The number of H-pyrrole nitrogens is 2. The number of nitrogens with one attached hydrogen (secondary N) is 4. The number of rotatable bonds is 9. The molecule has 14 heteroatoms. The second-order valence-electron chi connectivity index (χ2n) is 13.7. The highest BCUT2D eigenvalue weighted by atomic mass is 16.5. The molecule has 4 heterocycles. The van der Waals surface area contributed by atoms with Gasteiger partial charge in [-0.25, -0.2) is 19.6 Å². The Morgan fingerprint density at radius 2 is 1.36 bits per heavy atom. The van der Waals surface area contributed by atoms with Crippen LogP contribution < -0.4 is 10.6 Å². The van der Waals surface area contributed by atoms with Crippen LogP contribution in [0.5, 0.6) is 0 Å². The molecule has 0 saturated carbocycles. The molecule has 2 aliphatic rings. The van der Waals surface area contributed by atoms with E-state index in [9.17, 15) is 19.2 Å². The zero-order chi connectivity index (χ0) is 38.9. The zero-order valence-corrected chi connectivity index (χ0v) is 31.2. The molecule has 0 bridgehead atoms. The highest BCUT2D eigenvalue weighted by Gasteiger charge is 2.38. The molecule has 2 fully saturated rings. The Morgan fingerprint density at radius 1 is 0.764 bits per heavy atom. The van der Waals surface area contributed by atoms with Crippen molar-refractivity contribution in [2.45, 2.75) is 63.7 Å². The van der Waals surface area contributed by atoms with Crippen LogP contribution in [0.2, 0.25) is 0 Å².